The van der Waals surface area contributed by atoms with E-state index in [1.54, 1.807) is 6.07 Å². The predicted molar refractivity (Wildman–Crippen MR) is 87.0 cm³/mol. The zero-order chi connectivity index (χ0) is 17.2. The van der Waals surface area contributed by atoms with E-state index in [0.29, 0.717) is 37.7 Å². The summed E-state index contributed by atoms with van der Waals surface area (Å²) in [6.07, 6.45) is 1.25. The summed E-state index contributed by atoms with van der Waals surface area (Å²) in [4.78, 5) is 5.82. The fraction of sp³-hybridized carbons (Fsp3) is 0.312. The van der Waals surface area contributed by atoms with Crippen LogP contribution in [0.2, 0.25) is 0 Å². The van der Waals surface area contributed by atoms with Crippen LogP contribution in [0, 0.1) is 5.82 Å². The van der Waals surface area contributed by atoms with Crippen LogP contribution in [-0.4, -0.2) is 39.7 Å². The van der Waals surface area contributed by atoms with Crippen LogP contribution < -0.4 is 10.6 Å². The second kappa shape index (κ2) is 6.84. The van der Waals surface area contributed by atoms with Crippen molar-refractivity contribution in [1.29, 1.82) is 0 Å². The molecule has 24 heavy (non-hydrogen) atoms. The third kappa shape index (κ3) is 3.40. The molecule has 0 atom stereocenters. The van der Waals surface area contributed by atoms with Crippen molar-refractivity contribution in [2.45, 2.75) is 16.3 Å². The molecule has 2 heterocycles. The van der Waals surface area contributed by atoms with Crippen molar-refractivity contribution in [3.63, 3.8) is 0 Å². The molecule has 0 amide bonds. The summed E-state index contributed by atoms with van der Waals surface area (Å²) < 4.78 is 44.7. The molecule has 128 valence electrons. The Labute approximate surface area is 140 Å². The Balaban J connectivity index is 1.98. The van der Waals surface area contributed by atoms with E-state index in [0.717, 1.165) is 6.07 Å². The van der Waals surface area contributed by atoms with Gasteiger partial charge in [0.2, 0.25) is 9.84 Å². The third-order valence-corrected chi connectivity index (χ3v) is 5.58. The van der Waals surface area contributed by atoms with E-state index >= 15 is 0 Å². The van der Waals surface area contributed by atoms with Crippen LogP contribution in [0.25, 0.3) is 0 Å². The Morgan fingerprint density at radius 2 is 1.92 bits per heavy atom. The summed E-state index contributed by atoms with van der Waals surface area (Å²) in [7, 11) is -3.85. The second-order valence-corrected chi connectivity index (χ2v) is 7.39. The van der Waals surface area contributed by atoms with Gasteiger partial charge < -0.3 is 15.4 Å². The first-order valence-electron chi connectivity index (χ1n) is 7.54. The molecule has 1 aromatic carbocycles. The highest BCUT2D eigenvalue weighted by Gasteiger charge is 2.22. The molecule has 0 spiro atoms. The summed E-state index contributed by atoms with van der Waals surface area (Å²) >= 11 is 0. The maximum atomic E-state index is 14.0. The van der Waals surface area contributed by atoms with Gasteiger partial charge in [-0.25, -0.2) is 12.8 Å². The molecule has 0 aliphatic carbocycles. The van der Waals surface area contributed by atoms with Gasteiger partial charge in [-0.05, 0) is 30.3 Å². The van der Waals surface area contributed by atoms with Crippen LogP contribution in [-0.2, 0) is 21.1 Å². The van der Waals surface area contributed by atoms with E-state index in [9.17, 15) is 12.8 Å². The monoisotopic (exact) mass is 351 g/mol. The van der Waals surface area contributed by atoms with Crippen LogP contribution in [0.5, 0.6) is 0 Å². The van der Waals surface area contributed by atoms with Crippen molar-refractivity contribution >= 4 is 15.5 Å². The number of halogens is 1. The fourth-order valence-electron chi connectivity index (χ4n) is 2.53. The highest BCUT2D eigenvalue weighted by Crippen LogP contribution is 2.27. The lowest BCUT2D eigenvalue weighted by atomic mass is 10.2. The maximum absolute atomic E-state index is 14.0. The van der Waals surface area contributed by atoms with Crippen molar-refractivity contribution in [2.24, 2.45) is 5.73 Å². The quantitative estimate of drug-likeness (QED) is 0.895. The summed E-state index contributed by atoms with van der Waals surface area (Å²) in [6.45, 7) is 2.47. The van der Waals surface area contributed by atoms with Crippen LogP contribution in [0.15, 0.2) is 46.3 Å². The highest BCUT2D eigenvalue weighted by molar-refractivity contribution is 7.91. The van der Waals surface area contributed by atoms with E-state index in [4.69, 9.17) is 10.5 Å². The van der Waals surface area contributed by atoms with Gasteiger partial charge in [0, 0.05) is 31.5 Å². The molecular weight excluding hydrogens is 333 g/mol. The Morgan fingerprint density at radius 1 is 1.17 bits per heavy atom. The molecule has 6 nitrogen and oxygen atoms in total. The highest BCUT2D eigenvalue weighted by atomic mass is 32.2. The van der Waals surface area contributed by atoms with E-state index in [-0.39, 0.29) is 16.3 Å². The van der Waals surface area contributed by atoms with E-state index < -0.39 is 15.7 Å². The van der Waals surface area contributed by atoms with Gasteiger partial charge in [-0.3, -0.25) is 4.98 Å². The summed E-state index contributed by atoms with van der Waals surface area (Å²) in [6, 6.07) is 6.83. The Bertz CT molecular complexity index is 819. The number of morpholine rings is 1. The molecule has 2 aromatic rings. The van der Waals surface area contributed by atoms with Gasteiger partial charge >= 0.3 is 0 Å². The number of hydrogen-bond acceptors (Lipinski definition) is 6. The maximum Gasteiger partial charge on any atom is 0.208 e. The molecule has 0 radical (unpaired) electrons. The van der Waals surface area contributed by atoms with Crippen LogP contribution in [0.1, 0.15) is 5.69 Å². The third-order valence-electron chi connectivity index (χ3n) is 3.86. The van der Waals surface area contributed by atoms with Crippen molar-refractivity contribution in [3.05, 3.63) is 48.0 Å². The molecule has 0 unspecified atom stereocenters. The minimum atomic E-state index is -3.85. The number of benzene rings is 1. The van der Waals surface area contributed by atoms with Crippen molar-refractivity contribution in [1.82, 2.24) is 4.98 Å². The second-order valence-electron chi connectivity index (χ2n) is 5.44. The van der Waals surface area contributed by atoms with Gasteiger partial charge in [0.1, 0.15) is 5.82 Å². The predicted octanol–water partition coefficient (Wildman–Crippen LogP) is 1.35. The summed E-state index contributed by atoms with van der Waals surface area (Å²) in [5.41, 5.74) is 6.58. The number of ether oxygens (including phenoxy) is 1. The standard InChI is InChI=1S/C16H18FN3O3S/c17-12-7-14(20-3-5-23-6-4-20)9-16(8-12)24(21,22)15-2-1-13(10-18)19-11-15/h1-2,7-9,11H,3-6,10,18H2. The number of hydrogen-bond donors (Lipinski definition) is 1. The zero-order valence-electron chi connectivity index (χ0n) is 13.0. The SMILES string of the molecule is NCc1ccc(S(=O)(=O)c2cc(F)cc(N3CCOCC3)c2)cn1. The molecule has 1 aromatic heterocycles. The largest absolute Gasteiger partial charge is 0.378 e. The van der Waals surface area contributed by atoms with Crippen LogP contribution >= 0.6 is 0 Å². The zero-order valence-corrected chi connectivity index (χ0v) is 13.8. The van der Waals surface area contributed by atoms with Crippen LogP contribution in [0.3, 0.4) is 0 Å². The number of rotatable bonds is 4. The fourth-order valence-corrected chi connectivity index (χ4v) is 3.79. The molecule has 1 saturated heterocycles. The van der Waals surface area contributed by atoms with Gasteiger partial charge in [0.15, 0.2) is 0 Å². The van der Waals surface area contributed by atoms with Gasteiger partial charge in [-0.1, -0.05) is 0 Å². The minimum absolute atomic E-state index is 0.0122. The smallest absolute Gasteiger partial charge is 0.208 e. The lowest BCUT2D eigenvalue weighted by molar-refractivity contribution is 0.122. The molecule has 0 saturated carbocycles. The van der Waals surface area contributed by atoms with Gasteiger partial charge in [0.25, 0.3) is 0 Å². The minimum Gasteiger partial charge on any atom is -0.378 e. The molecule has 8 heteroatoms. The molecule has 0 bridgehead atoms. The molecular formula is C16H18FN3O3S. The Hall–Kier alpha value is -2.03. The topological polar surface area (TPSA) is 85.5 Å². The molecule has 1 aliphatic heterocycles. The Morgan fingerprint density at radius 3 is 2.54 bits per heavy atom. The van der Waals surface area contributed by atoms with Crippen molar-refractivity contribution in [3.8, 4) is 0 Å². The first-order chi connectivity index (χ1) is 11.5. The summed E-state index contributed by atoms with van der Waals surface area (Å²) in [5.74, 6) is -0.593. The summed E-state index contributed by atoms with van der Waals surface area (Å²) in [5, 5.41) is 0. The van der Waals surface area contributed by atoms with Gasteiger partial charge in [0.05, 0.1) is 28.7 Å². The van der Waals surface area contributed by atoms with E-state index in [1.807, 2.05) is 4.90 Å². The van der Waals surface area contributed by atoms with Crippen LogP contribution in [0.4, 0.5) is 10.1 Å². The Kier molecular flexibility index (Phi) is 4.79. The number of pyridine rings is 1. The molecule has 3 rings (SSSR count). The first-order valence-corrected chi connectivity index (χ1v) is 9.02. The molecule has 2 N–H and O–H groups in total. The lowest BCUT2D eigenvalue weighted by Crippen LogP contribution is -2.36. The average molecular weight is 351 g/mol. The first kappa shape index (κ1) is 16.8. The molecule has 1 aliphatic rings. The average Bonchev–Trinajstić information content (AvgIpc) is 2.62. The molecule has 1 fully saturated rings. The van der Waals surface area contributed by atoms with Crippen molar-refractivity contribution < 1.29 is 17.5 Å². The van der Waals surface area contributed by atoms with Gasteiger partial charge in [-0.15, -0.1) is 0 Å². The number of anilines is 1. The lowest BCUT2D eigenvalue weighted by Gasteiger charge is -2.29. The number of sulfone groups is 1. The number of nitrogens with two attached hydrogens (primary N) is 1. The van der Waals surface area contributed by atoms with E-state index in [2.05, 4.69) is 4.98 Å². The number of aromatic nitrogens is 1. The number of nitrogens with zero attached hydrogens (tertiary/aromatic N) is 2. The van der Waals surface area contributed by atoms with Gasteiger partial charge in [-0.2, -0.15) is 0 Å². The normalized spacial score (nSPS) is 15.5. The van der Waals surface area contributed by atoms with Crippen molar-refractivity contribution in [2.75, 3.05) is 31.2 Å². The van der Waals surface area contributed by atoms with E-state index in [1.165, 1.54) is 24.4 Å².